The minimum atomic E-state index is -0.496. The first-order valence-electron chi connectivity index (χ1n) is 8.23. The van der Waals surface area contributed by atoms with Crippen LogP contribution in [-0.4, -0.2) is 17.7 Å². The Kier molecular flexibility index (Phi) is 5.67. The van der Waals surface area contributed by atoms with Crippen molar-refractivity contribution in [1.82, 2.24) is 4.98 Å². The average Bonchev–Trinajstić information content (AvgIpc) is 2.66. The molecule has 0 atom stereocenters. The van der Waals surface area contributed by atoms with Gasteiger partial charge in [-0.1, -0.05) is 18.2 Å². The van der Waals surface area contributed by atoms with Crippen molar-refractivity contribution >= 4 is 23.3 Å². The Labute approximate surface area is 151 Å². The molecule has 1 amide bonds. The number of rotatable bonds is 6. The van der Waals surface area contributed by atoms with Crippen molar-refractivity contribution in [1.29, 1.82) is 0 Å². The maximum Gasteiger partial charge on any atom is 0.411 e. The Hall–Kier alpha value is -3.54. The number of hydrogen-bond acceptors (Lipinski definition) is 5. The molecule has 0 unspecified atom stereocenters. The molecule has 0 fully saturated rings. The lowest BCUT2D eigenvalue weighted by molar-refractivity contribution is 0.168. The van der Waals surface area contributed by atoms with Crippen LogP contribution in [0.25, 0.3) is 0 Å². The van der Waals surface area contributed by atoms with E-state index in [1.165, 1.54) is 0 Å². The van der Waals surface area contributed by atoms with Crippen LogP contribution in [0, 0.1) is 0 Å². The molecule has 132 valence electrons. The molecule has 3 aromatic rings. The molecule has 26 heavy (non-hydrogen) atoms. The van der Waals surface area contributed by atoms with Crippen LogP contribution in [-0.2, 0) is 4.74 Å². The fraction of sp³-hybridized carbons (Fsp3) is 0.100. The van der Waals surface area contributed by atoms with Crippen LogP contribution in [0.4, 0.5) is 22.0 Å². The van der Waals surface area contributed by atoms with E-state index in [1.807, 2.05) is 54.6 Å². The number of para-hydroxylation sites is 1. The number of anilines is 3. The molecule has 2 aromatic carbocycles. The molecule has 0 bridgehead atoms. The summed E-state index contributed by atoms with van der Waals surface area (Å²) >= 11 is 0. The van der Waals surface area contributed by atoms with Crippen LogP contribution in [0.1, 0.15) is 6.92 Å². The molecular formula is C20H19N3O3. The number of nitrogens with one attached hydrogen (secondary N) is 2. The minimum Gasteiger partial charge on any atom is -0.457 e. The lowest BCUT2D eigenvalue weighted by atomic mass is 10.3. The van der Waals surface area contributed by atoms with Crippen LogP contribution in [0.5, 0.6) is 11.5 Å². The molecule has 0 saturated heterocycles. The van der Waals surface area contributed by atoms with E-state index in [0.29, 0.717) is 18.1 Å². The Morgan fingerprint density at radius 2 is 1.62 bits per heavy atom. The van der Waals surface area contributed by atoms with Gasteiger partial charge in [0, 0.05) is 5.69 Å². The second kappa shape index (κ2) is 8.53. The van der Waals surface area contributed by atoms with Gasteiger partial charge in [0.25, 0.3) is 0 Å². The van der Waals surface area contributed by atoms with Gasteiger partial charge in [-0.3, -0.25) is 5.32 Å². The summed E-state index contributed by atoms with van der Waals surface area (Å²) in [5.41, 5.74) is 1.45. The van der Waals surface area contributed by atoms with E-state index >= 15 is 0 Å². The SMILES string of the molecule is CCOC(=O)Nc1ccc(Nc2ccc(Oc3ccccc3)cc2)nc1. The van der Waals surface area contributed by atoms with Crippen molar-refractivity contribution in [3.8, 4) is 11.5 Å². The van der Waals surface area contributed by atoms with Gasteiger partial charge >= 0.3 is 6.09 Å². The average molecular weight is 349 g/mol. The van der Waals surface area contributed by atoms with Gasteiger partial charge in [0.2, 0.25) is 0 Å². The van der Waals surface area contributed by atoms with Gasteiger partial charge in [-0.2, -0.15) is 0 Å². The van der Waals surface area contributed by atoms with Gasteiger partial charge < -0.3 is 14.8 Å². The molecule has 0 saturated carbocycles. The third-order valence-electron chi connectivity index (χ3n) is 3.39. The number of aromatic nitrogens is 1. The molecular weight excluding hydrogens is 330 g/mol. The van der Waals surface area contributed by atoms with Crippen molar-refractivity contribution in [2.45, 2.75) is 6.92 Å². The fourth-order valence-electron chi connectivity index (χ4n) is 2.21. The number of carbonyl (C=O) groups is 1. The highest BCUT2D eigenvalue weighted by molar-refractivity contribution is 5.84. The molecule has 0 radical (unpaired) electrons. The Morgan fingerprint density at radius 3 is 2.27 bits per heavy atom. The molecule has 6 nitrogen and oxygen atoms in total. The van der Waals surface area contributed by atoms with E-state index in [0.717, 1.165) is 17.2 Å². The topological polar surface area (TPSA) is 72.5 Å². The molecule has 0 aliphatic heterocycles. The molecule has 1 heterocycles. The van der Waals surface area contributed by atoms with E-state index < -0.39 is 6.09 Å². The van der Waals surface area contributed by atoms with Crippen LogP contribution in [0.3, 0.4) is 0 Å². The van der Waals surface area contributed by atoms with Gasteiger partial charge in [0.1, 0.15) is 17.3 Å². The molecule has 1 aromatic heterocycles. The molecule has 6 heteroatoms. The largest absolute Gasteiger partial charge is 0.457 e. The van der Waals surface area contributed by atoms with E-state index in [2.05, 4.69) is 15.6 Å². The van der Waals surface area contributed by atoms with Crippen LogP contribution in [0.15, 0.2) is 72.9 Å². The predicted octanol–water partition coefficient (Wildman–Crippen LogP) is 5.19. The fourth-order valence-corrected chi connectivity index (χ4v) is 2.21. The lowest BCUT2D eigenvalue weighted by Gasteiger charge is -2.09. The first-order valence-corrected chi connectivity index (χ1v) is 8.23. The van der Waals surface area contributed by atoms with Gasteiger partial charge in [-0.05, 0) is 55.5 Å². The van der Waals surface area contributed by atoms with Crippen LogP contribution in [0.2, 0.25) is 0 Å². The van der Waals surface area contributed by atoms with Crippen LogP contribution < -0.4 is 15.4 Å². The smallest absolute Gasteiger partial charge is 0.411 e. The number of ether oxygens (including phenoxy) is 2. The van der Waals surface area contributed by atoms with Gasteiger partial charge in [0.15, 0.2) is 0 Å². The summed E-state index contributed by atoms with van der Waals surface area (Å²) in [7, 11) is 0. The number of carbonyl (C=O) groups excluding carboxylic acids is 1. The molecule has 3 rings (SSSR count). The third-order valence-corrected chi connectivity index (χ3v) is 3.39. The predicted molar refractivity (Wildman–Crippen MR) is 101 cm³/mol. The highest BCUT2D eigenvalue weighted by Crippen LogP contribution is 2.24. The highest BCUT2D eigenvalue weighted by Gasteiger charge is 2.03. The number of hydrogen-bond donors (Lipinski definition) is 2. The standard InChI is InChI=1S/C20H19N3O3/c1-2-25-20(24)23-16-10-13-19(21-14-16)22-15-8-11-18(12-9-15)26-17-6-4-3-5-7-17/h3-14H,2H2,1H3,(H,21,22)(H,23,24). The number of pyridine rings is 1. The Morgan fingerprint density at radius 1 is 0.923 bits per heavy atom. The zero-order valence-corrected chi connectivity index (χ0v) is 14.3. The second-order valence-corrected chi connectivity index (χ2v) is 5.34. The second-order valence-electron chi connectivity index (χ2n) is 5.34. The van der Waals surface area contributed by atoms with E-state index in [4.69, 9.17) is 9.47 Å². The van der Waals surface area contributed by atoms with Gasteiger partial charge in [0.05, 0.1) is 18.5 Å². The molecule has 0 aliphatic carbocycles. The van der Waals surface area contributed by atoms with Crippen molar-refractivity contribution < 1.29 is 14.3 Å². The summed E-state index contributed by atoms with van der Waals surface area (Å²) in [5, 5.41) is 5.79. The van der Waals surface area contributed by atoms with Crippen molar-refractivity contribution in [2.24, 2.45) is 0 Å². The lowest BCUT2D eigenvalue weighted by Crippen LogP contribution is -2.13. The van der Waals surface area contributed by atoms with E-state index in [1.54, 1.807) is 25.3 Å². The summed E-state index contributed by atoms with van der Waals surface area (Å²) in [4.78, 5) is 15.6. The summed E-state index contributed by atoms with van der Waals surface area (Å²) in [5.74, 6) is 2.21. The summed E-state index contributed by atoms with van der Waals surface area (Å²) in [6.07, 6.45) is 1.07. The van der Waals surface area contributed by atoms with Crippen LogP contribution >= 0.6 is 0 Å². The number of nitrogens with zero attached hydrogens (tertiary/aromatic N) is 1. The van der Waals surface area contributed by atoms with E-state index in [-0.39, 0.29) is 0 Å². The number of amides is 1. The monoisotopic (exact) mass is 349 g/mol. The Bertz CT molecular complexity index is 834. The quantitative estimate of drug-likeness (QED) is 0.641. The molecule has 2 N–H and O–H groups in total. The minimum absolute atomic E-state index is 0.322. The van der Waals surface area contributed by atoms with Crippen molar-refractivity contribution in [3.63, 3.8) is 0 Å². The maximum atomic E-state index is 11.4. The van der Waals surface area contributed by atoms with E-state index in [9.17, 15) is 4.79 Å². The van der Waals surface area contributed by atoms with Crippen molar-refractivity contribution in [2.75, 3.05) is 17.2 Å². The zero-order valence-electron chi connectivity index (χ0n) is 14.3. The number of benzene rings is 2. The maximum absolute atomic E-state index is 11.4. The normalized spacial score (nSPS) is 10.0. The molecule has 0 spiro atoms. The van der Waals surface area contributed by atoms with Gasteiger partial charge in [-0.25, -0.2) is 9.78 Å². The zero-order chi connectivity index (χ0) is 18.2. The molecule has 0 aliphatic rings. The first-order chi connectivity index (χ1) is 12.7. The summed E-state index contributed by atoms with van der Waals surface area (Å²) in [6, 6.07) is 20.7. The first kappa shape index (κ1) is 17.3. The summed E-state index contributed by atoms with van der Waals surface area (Å²) in [6.45, 7) is 2.07. The van der Waals surface area contributed by atoms with Crippen molar-refractivity contribution in [3.05, 3.63) is 72.9 Å². The van der Waals surface area contributed by atoms with Gasteiger partial charge in [-0.15, -0.1) is 0 Å². The third kappa shape index (κ3) is 4.98. The Balaban J connectivity index is 1.58. The summed E-state index contributed by atoms with van der Waals surface area (Å²) < 4.78 is 10.6. The highest BCUT2D eigenvalue weighted by atomic mass is 16.5.